The molecule has 0 saturated carbocycles. The molecule has 0 unspecified atom stereocenters. The monoisotopic (exact) mass is 508 g/mol. The number of benzene rings is 4. The second kappa shape index (κ2) is 10.4. The predicted octanol–water partition coefficient (Wildman–Crippen LogP) is 5.50. The fourth-order valence-corrected chi connectivity index (χ4v) is 4.90. The van der Waals surface area contributed by atoms with Crippen molar-refractivity contribution in [2.75, 3.05) is 32.2 Å². The number of amides is 3. The standard InChI is InChI=1S/C31H28N2O5/c1-20-11-16-26(27(19-20)38-3)32(29(34)22-12-14-23(37-2)15-13-22)17-6-18-33-30(35)24-9-4-7-21-8-5-10-25(28(21)24)31(33)36/h4-5,7-16,19H,6,17-18H2,1-3H3. The van der Waals surface area contributed by atoms with Gasteiger partial charge in [-0.25, -0.2) is 0 Å². The lowest BCUT2D eigenvalue weighted by molar-refractivity contribution is 0.0610. The molecule has 0 spiro atoms. The van der Waals surface area contributed by atoms with Gasteiger partial charge >= 0.3 is 0 Å². The predicted molar refractivity (Wildman–Crippen MR) is 146 cm³/mol. The van der Waals surface area contributed by atoms with Gasteiger partial charge in [0.05, 0.1) is 19.9 Å². The molecule has 0 aromatic heterocycles. The van der Waals surface area contributed by atoms with Gasteiger partial charge in [0.2, 0.25) is 0 Å². The van der Waals surface area contributed by atoms with Crippen LogP contribution in [0, 0.1) is 6.92 Å². The number of imide groups is 1. The SMILES string of the molecule is COc1ccc(C(=O)N(CCCN2C(=O)c3cccc4cccc(c34)C2=O)c2ccc(C)cc2OC)cc1. The molecule has 1 aliphatic heterocycles. The van der Waals surface area contributed by atoms with Gasteiger partial charge in [0.15, 0.2) is 0 Å². The van der Waals surface area contributed by atoms with Crippen LogP contribution in [0.4, 0.5) is 5.69 Å². The quantitative estimate of drug-likeness (QED) is 0.294. The van der Waals surface area contributed by atoms with Crippen molar-refractivity contribution < 1.29 is 23.9 Å². The lowest BCUT2D eigenvalue weighted by Gasteiger charge is -2.29. The van der Waals surface area contributed by atoms with Crippen LogP contribution in [0.3, 0.4) is 0 Å². The summed E-state index contributed by atoms with van der Waals surface area (Å²) in [6, 6.07) is 23.5. The third kappa shape index (κ3) is 4.47. The van der Waals surface area contributed by atoms with Gasteiger partial charge in [-0.1, -0.05) is 30.3 Å². The largest absolute Gasteiger partial charge is 0.497 e. The highest BCUT2D eigenvalue weighted by atomic mass is 16.5. The van der Waals surface area contributed by atoms with Crippen molar-refractivity contribution in [3.63, 3.8) is 0 Å². The fourth-order valence-electron chi connectivity index (χ4n) is 4.90. The van der Waals surface area contributed by atoms with E-state index >= 15 is 0 Å². The van der Waals surface area contributed by atoms with Gasteiger partial charge in [0.1, 0.15) is 11.5 Å². The Kier molecular flexibility index (Phi) is 6.83. The Morgan fingerprint density at radius 3 is 2.11 bits per heavy atom. The second-order valence-electron chi connectivity index (χ2n) is 9.19. The maximum Gasteiger partial charge on any atom is 0.261 e. The third-order valence-corrected chi connectivity index (χ3v) is 6.83. The summed E-state index contributed by atoms with van der Waals surface area (Å²) in [6.07, 6.45) is 0.383. The van der Waals surface area contributed by atoms with Crippen LogP contribution in [-0.2, 0) is 0 Å². The summed E-state index contributed by atoms with van der Waals surface area (Å²) >= 11 is 0. The molecule has 5 rings (SSSR count). The first kappa shape index (κ1) is 25.0. The van der Waals surface area contributed by atoms with Gasteiger partial charge in [0, 0.05) is 35.2 Å². The summed E-state index contributed by atoms with van der Waals surface area (Å²) in [5.41, 5.74) is 3.14. The van der Waals surface area contributed by atoms with Crippen molar-refractivity contribution >= 4 is 34.2 Å². The highest BCUT2D eigenvalue weighted by molar-refractivity contribution is 6.25. The number of hydrogen-bond acceptors (Lipinski definition) is 5. The van der Waals surface area contributed by atoms with Gasteiger partial charge < -0.3 is 14.4 Å². The normalized spacial score (nSPS) is 12.6. The molecule has 192 valence electrons. The third-order valence-electron chi connectivity index (χ3n) is 6.83. The van der Waals surface area contributed by atoms with Gasteiger partial charge in [-0.15, -0.1) is 0 Å². The molecule has 3 amide bonds. The molecule has 0 aliphatic carbocycles. The van der Waals surface area contributed by atoms with Crippen molar-refractivity contribution in [2.24, 2.45) is 0 Å². The Morgan fingerprint density at radius 2 is 1.50 bits per heavy atom. The van der Waals surface area contributed by atoms with Crippen LogP contribution in [0.25, 0.3) is 10.8 Å². The molecule has 0 saturated heterocycles. The molecule has 0 atom stereocenters. The molecular formula is C31H28N2O5. The topological polar surface area (TPSA) is 76.2 Å². The van der Waals surface area contributed by atoms with Crippen molar-refractivity contribution in [2.45, 2.75) is 13.3 Å². The van der Waals surface area contributed by atoms with E-state index in [-0.39, 0.29) is 30.8 Å². The van der Waals surface area contributed by atoms with Gasteiger partial charge in [-0.3, -0.25) is 19.3 Å². The maximum atomic E-state index is 13.7. The minimum Gasteiger partial charge on any atom is -0.497 e. The molecule has 1 heterocycles. The summed E-state index contributed by atoms with van der Waals surface area (Å²) in [4.78, 5) is 43.2. The second-order valence-corrected chi connectivity index (χ2v) is 9.19. The number of anilines is 1. The summed E-state index contributed by atoms with van der Waals surface area (Å²) in [7, 11) is 3.14. The molecule has 0 fully saturated rings. The Balaban J connectivity index is 1.41. The molecule has 0 bridgehead atoms. The van der Waals surface area contributed by atoms with Crippen LogP contribution >= 0.6 is 0 Å². The zero-order chi connectivity index (χ0) is 26.8. The van der Waals surface area contributed by atoms with Crippen LogP contribution in [0.1, 0.15) is 43.1 Å². The molecule has 0 N–H and O–H groups in total. The van der Waals surface area contributed by atoms with Crippen molar-refractivity contribution in [1.29, 1.82) is 0 Å². The number of aryl methyl sites for hydroxylation is 1. The summed E-state index contributed by atoms with van der Waals surface area (Å²) < 4.78 is 10.8. The first-order valence-corrected chi connectivity index (χ1v) is 12.4. The molecular weight excluding hydrogens is 480 g/mol. The van der Waals surface area contributed by atoms with E-state index in [1.165, 1.54) is 4.90 Å². The van der Waals surface area contributed by atoms with E-state index in [1.807, 2.05) is 49.4 Å². The van der Waals surface area contributed by atoms with Gasteiger partial charge in [0.25, 0.3) is 17.7 Å². The maximum absolute atomic E-state index is 13.7. The molecule has 4 aromatic carbocycles. The van der Waals surface area contributed by atoms with Crippen LogP contribution in [0.2, 0.25) is 0 Å². The Hall–Kier alpha value is -4.65. The average Bonchev–Trinajstić information content (AvgIpc) is 2.95. The van der Waals surface area contributed by atoms with Crippen LogP contribution < -0.4 is 14.4 Å². The smallest absolute Gasteiger partial charge is 0.261 e. The Labute approximate surface area is 221 Å². The number of rotatable bonds is 8. The van der Waals surface area contributed by atoms with Crippen LogP contribution in [0.15, 0.2) is 78.9 Å². The van der Waals surface area contributed by atoms with Crippen molar-refractivity contribution in [1.82, 2.24) is 4.90 Å². The number of ether oxygens (including phenoxy) is 2. The van der Waals surface area contributed by atoms with E-state index in [2.05, 4.69) is 0 Å². The zero-order valence-electron chi connectivity index (χ0n) is 21.6. The lowest BCUT2D eigenvalue weighted by Crippen LogP contribution is -2.42. The first-order chi connectivity index (χ1) is 18.4. The van der Waals surface area contributed by atoms with E-state index < -0.39 is 0 Å². The highest BCUT2D eigenvalue weighted by Gasteiger charge is 2.32. The van der Waals surface area contributed by atoms with E-state index in [4.69, 9.17) is 9.47 Å². The fraction of sp³-hybridized carbons (Fsp3) is 0.194. The number of hydrogen-bond donors (Lipinski definition) is 0. The number of methoxy groups -OCH3 is 2. The minimum absolute atomic E-state index is 0.170. The zero-order valence-corrected chi connectivity index (χ0v) is 21.6. The molecule has 4 aromatic rings. The van der Waals surface area contributed by atoms with E-state index in [1.54, 1.807) is 55.5 Å². The minimum atomic E-state index is -0.319. The number of nitrogens with zero attached hydrogens (tertiary/aromatic N) is 2. The Morgan fingerprint density at radius 1 is 0.842 bits per heavy atom. The van der Waals surface area contributed by atoms with E-state index in [0.29, 0.717) is 45.7 Å². The molecule has 0 radical (unpaired) electrons. The molecule has 1 aliphatic rings. The van der Waals surface area contributed by atoms with E-state index in [9.17, 15) is 14.4 Å². The van der Waals surface area contributed by atoms with E-state index in [0.717, 1.165) is 10.9 Å². The lowest BCUT2D eigenvalue weighted by atomic mass is 9.94. The average molecular weight is 509 g/mol. The molecule has 7 heteroatoms. The van der Waals surface area contributed by atoms with Gasteiger partial charge in [-0.2, -0.15) is 0 Å². The van der Waals surface area contributed by atoms with Crippen LogP contribution in [0.5, 0.6) is 11.5 Å². The van der Waals surface area contributed by atoms with Crippen molar-refractivity contribution in [3.05, 3.63) is 101 Å². The number of carbonyl (C=O) groups is 3. The Bertz CT molecular complexity index is 1490. The summed E-state index contributed by atoms with van der Waals surface area (Å²) in [5.74, 6) is 0.359. The molecule has 7 nitrogen and oxygen atoms in total. The first-order valence-electron chi connectivity index (χ1n) is 12.4. The summed E-state index contributed by atoms with van der Waals surface area (Å²) in [6.45, 7) is 2.39. The highest BCUT2D eigenvalue weighted by Crippen LogP contribution is 2.32. The molecule has 38 heavy (non-hydrogen) atoms. The van der Waals surface area contributed by atoms with Crippen molar-refractivity contribution in [3.8, 4) is 11.5 Å². The van der Waals surface area contributed by atoms with Crippen LogP contribution in [-0.4, -0.2) is 49.9 Å². The number of carbonyl (C=O) groups excluding carboxylic acids is 3. The van der Waals surface area contributed by atoms with Gasteiger partial charge in [-0.05, 0) is 72.8 Å². The summed E-state index contributed by atoms with van der Waals surface area (Å²) in [5, 5.41) is 1.56.